The topological polar surface area (TPSA) is 68.0 Å². The smallest absolute Gasteiger partial charge is 0.238 e. The molecule has 0 fully saturated rings. The molecule has 0 radical (unpaired) electrons. The Morgan fingerprint density at radius 3 is 2.77 bits per heavy atom. The maximum atomic E-state index is 10.9. The van der Waals surface area contributed by atoms with Gasteiger partial charge in [0.25, 0.3) is 0 Å². The lowest BCUT2D eigenvalue weighted by Crippen LogP contribution is -2.22. The third-order valence-corrected chi connectivity index (χ3v) is 2.32. The second kappa shape index (κ2) is 4.69. The fourth-order valence-electron chi connectivity index (χ4n) is 0.707. The number of nitrogens with two attached hydrogens (primary N) is 1. The standard InChI is InChI=1S/C7H7Br2N3O/c8-5-2-1-4(7(9)12-5)11-6(13)3-10/h1-2H,3,10H2,(H,11,13). The molecule has 6 heteroatoms. The van der Waals surface area contributed by atoms with Gasteiger partial charge in [0.2, 0.25) is 5.91 Å². The number of nitrogens with zero attached hydrogens (tertiary/aromatic N) is 1. The van der Waals surface area contributed by atoms with Crippen LogP contribution in [0, 0.1) is 0 Å². The minimum atomic E-state index is -0.246. The number of pyridine rings is 1. The van der Waals surface area contributed by atoms with Gasteiger partial charge < -0.3 is 11.1 Å². The monoisotopic (exact) mass is 307 g/mol. The van der Waals surface area contributed by atoms with Crippen LogP contribution in [0.4, 0.5) is 5.69 Å². The highest BCUT2D eigenvalue weighted by atomic mass is 79.9. The summed E-state index contributed by atoms with van der Waals surface area (Å²) in [5, 5.41) is 2.59. The first kappa shape index (κ1) is 10.6. The van der Waals surface area contributed by atoms with Crippen molar-refractivity contribution in [2.75, 3.05) is 11.9 Å². The third kappa shape index (κ3) is 3.06. The van der Waals surface area contributed by atoms with Crippen molar-refractivity contribution in [2.24, 2.45) is 5.73 Å². The van der Waals surface area contributed by atoms with Crippen LogP contribution < -0.4 is 11.1 Å². The van der Waals surface area contributed by atoms with Crippen molar-refractivity contribution in [3.05, 3.63) is 21.3 Å². The minimum absolute atomic E-state index is 0.0392. The Labute approximate surface area is 92.2 Å². The summed E-state index contributed by atoms with van der Waals surface area (Å²) in [6.07, 6.45) is 0. The molecule has 1 amide bonds. The fourth-order valence-corrected chi connectivity index (χ4v) is 1.68. The van der Waals surface area contributed by atoms with E-state index in [2.05, 4.69) is 42.2 Å². The summed E-state index contributed by atoms with van der Waals surface area (Å²) in [6.45, 7) is -0.0392. The first-order valence-electron chi connectivity index (χ1n) is 3.45. The van der Waals surface area contributed by atoms with Crippen molar-refractivity contribution in [2.45, 2.75) is 0 Å². The Morgan fingerprint density at radius 2 is 2.23 bits per heavy atom. The maximum Gasteiger partial charge on any atom is 0.238 e. The van der Waals surface area contributed by atoms with E-state index in [9.17, 15) is 4.79 Å². The molecule has 0 spiro atoms. The third-order valence-electron chi connectivity index (χ3n) is 1.27. The lowest BCUT2D eigenvalue weighted by Gasteiger charge is -2.04. The van der Waals surface area contributed by atoms with Crippen LogP contribution in [0.3, 0.4) is 0 Å². The molecule has 0 atom stereocenters. The van der Waals surface area contributed by atoms with E-state index in [1.165, 1.54) is 0 Å². The van der Waals surface area contributed by atoms with Gasteiger partial charge in [-0.25, -0.2) is 4.98 Å². The molecular formula is C7H7Br2N3O. The number of hydrogen-bond donors (Lipinski definition) is 2. The van der Waals surface area contributed by atoms with Crippen molar-refractivity contribution in [1.29, 1.82) is 0 Å². The normalized spacial score (nSPS) is 9.77. The molecule has 4 nitrogen and oxygen atoms in total. The molecular weight excluding hydrogens is 302 g/mol. The predicted octanol–water partition coefficient (Wildman–Crippen LogP) is 1.50. The SMILES string of the molecule is NCC(=O)Nc1ccc(Br)nc1Br. The summed E-state index contributed by atoms with van der Waals surface area (Å²) in [5.74, 6) is -0.246. The number of carbonyl (C=O) groups is 1. The molecule has 1 heterocycles. The summed E-state index contributed by atoms with van der Waals surface area (Å²) in [5.41, 5.74) is 5.75. The van der Waals surface area contributed by atoms with E-state index in [0.717, 1.165) is 0 Å². The first-order chi connectivity index (χ1) is 6.13. The highest BCUT2D eigenvalue weighted by Gasteiger charge is 2.04. The largest absolute Gasteiger partial charge is 0.323 e. The van der Waals surface area contributed by atoms with E-state index < -0.39 is 0 Å². The van der Waals surface area contributed by atoms with Crippen LogP contribution in [0.25, 0.3) is 0 Å². The van der Waals surface area contributed by atoms with Gasteiger partial charge in [0, 0.05) is 0 Å². The zero-order valence-corrected chi connectivity index (χ0v) is 9.72. The number of hydrogen-bond acceptors (Lipinski definition) is 3. The molecule has 13 heavy (non-hydrogen) atoms. The van der Waals surface area contributed by atoms with E-state index in [0.29, 0.717) is 14.9 Å². The molecule has 0 bridgehead atoms. The second-order valence-corrected chi connectivity index (χ2v) is 3.79. The van der Waals surface area contributed by atoms with Crippen LogP contribution in [0.1, 0.15) is 0 Å². The Bertz CT molecular complexity index is 330. The Hall–Kier alpha value is -0.460. The first-order valence-corrected chi connectivity index (χ1v) is 5.04. The van der Waals surface area contributed by atoms with Gasteiger partial charge in [-0.1, -0.05) is 0 Å². The molecule has 1 aromatic rings. The van der Waals surface area contributed by atoms with Gasteiger partial charge in [-0.15, -0.1) is 0 Å². The molecule has 1 aromatic heterocycles. The van der Waals surface area contributed by atoms with Gasteiger partial charge in [-0.05, 0) is 44.0 Å². The van der Waals surface area contributed by atoms with E-state index in [1.807, 2.05) is 0 Å². The van der Waals surface area contributed by atoms with Crippen molar-refractivity contribution < 1.29 is 4.79 Å². The van der Waals surface area contributed by atoms with Gasteiger partial charge in [0.1, 0.15) is 9.21 Å². The molecule has 70 valence electrons. The van der Waals surface area contributed by atoms with E-state index in [1.54, 1.807) is 12.1 Å². The number of carbonyl (C=O) groups excluding carboxylic acids is 1. The maximum absolute atomic E-state index is 10.9. The summed E-state index contributed by atoms with van der Waals surface area (Å²) in [4.78, 5) is 15.0. The quantitative estimate of drug-likeness (QED) is 0.814. The minimum Gasteiger partial charge on any atom is -0.323 e. The van der Waals surface area contributed by atoms with Crippen molar-refractivity contribution in [3.8, 4) is 0 Å². The Morgan fingerprint density at radius 1 is 1.54 bits per heavy atom. The van der Waals surface area contributed by atoms with Gasteiger partial charge in [-0.3, -0.25) is 4.79 Å². The lowest BCUT2D eigenvalue weighted by molar-refractivity contribution is -0.114. The number of nitrogens with one attached hydrogen (secondary N) is 1. The molecule has 0 unspecified atom stereocenters. The van der Waals surface area contributed by atoms with Gasteiger partial charge in [0.05, 0.1) is 12.2 Å². The van der Waals surface area contributed by atoms with Crippen LogP contribution >= 0.6 is 31.9 Å². The summed E-state index contributed by atoms with van der Waals surface area (Å²) < 4.78 is 1.27. The summed E-state index contributed by atoms with van der Waals surface area (Å²) in [7, 11) is 0. The van der Waals surface area contributed by atoms with E-state index >= 15 is 0 Å². The summed E-state index contributed by atoms with van der Waals surface area (Å²) in [6, 6.07) is 3.46. The number of rotatable bonds is 2. The molecule has 0 aromatic carbocycles. The van der Waals surface area contributed by atoms with Crippen LogP contribution in [-0.4, -0.2) is 17.4 Å². The lowest BCUT2D eigenvalue weighted by atomic mass is 10.4. The summed E-state index contributed by atoms with van der Waals surface area (Å²) >= 11 is 6.41. The number of aromatic nitrogens is 1. The Balaban J connectivity index is 2.83. The zero-order valence-electron chi connectivity index (χ0n) is 6.55. The van der Waals surface area contributed by atoms with Gasteiger partial charge >= 0.3 is 0 Å². The second-order valence-electron chi connectivity index (χ2n) is 2.22. The molecule has 0 saturated heterocycles. The average Bonchev–Trinajstić information content (AvgIpc) is 2.09. The zero-order chi connectivity index (χ0) is 9.84. The van der Waals surface area contributed by atoms with Crippen LogP contribution in [-0.2, 0) is 4.79 Å². The molecule has 0 saturated carbocycles. The van der Waals surface area contributed by atoms with Crippen molar-refractivity contribution in [1.82, 2.24) is 4.98 Å². The van der Waals surface area contributed by atoms with Gasteiger partial charge in [0.15, 0.2) is 0 Å². The molecule has 1 rings (SSSR count). The number of amides is 1. The van der Waals surface area contributed by atoms with Crippen LogP contribution in [0.15, 0.2) is 21.3 Å². The highest BCUT2D eigenvalue weighted by Crippen LogP contribution is 2.21. The van der Waals surface area contributed by atoms with Crippen LogP contribution in [0.2, 0.25) is 0 Å². The van der Waals surface area contributed by atoms with E-state index in [-0.39, 0.29) is 12.5 Å². The van der Waals surface area contributed by atoms with Crippen molar-refractivity contribution >= 4 is 43.5 Å². The molecule has 0 aliphatic rings. The highest BCUT2D eigenvalue weighted by molar-refractivity contribution is 9.11. The van der Waals surface area contributed by atoms with Crippen molar-refractivity contribution in [3.63, 3.8) is 0 Å². The molecule has 0 aliphatic carbocycles. The fraction of sp³-hybridized carbons (Fsp3) is 0.143. The molecule has 3 N–H and O–H groups in total. The van der Waals surface area contributed by atoms with Crippen LogP contribution in [0.5, 0.6) is 0 Å². The van der Waals surface area contributed by atoms with E-state index in [4.69, 9.17) is 5.73 Å². The number of halogens is 2. The predicted molar refractivity (Wildman–Crippen MR) is 57.3 cm³/mol. The van der Waals surface area contributed by atoms with Gasteiger partial charge in [-0.2, -0.15) is 0 Å². The number of anilines is 1. The average molecular weight is 309 g/mol. The Kier molecular flexibility index (Phi) is 3.83. The molecule has 0 aliphatic heterocycles.